The van der Waals surface area contributed by atoms with Gasteiger partial charge in [-0.2, -0.15) is 5.10 Å². The summed E-state index contributed by atoms with van der Waals surface area (Å²) in [6.45, 7) is 2.41. The molecule has 8 nitrogen and oxygen atoms in total. The Bertz CT molecular complexity index is 1390. The minimum atomic E-state index is -3.39. The van der Waals surface area contributed by atoms with E-state index in [-0.39, 0.29) is 18.2 Å². The van der Waals surface area contributed by atoms with Crippen molar-refractivity contribution in [3.05, 3.63) is 65.9 Å². The number of H-pyrrole nitrogens is 1. The number of nitrogens with zero attached hydrogens (tertiary/aromatic N) is 3. The first-order valence-corrected chi connectivity index (χ1v) is 12.0. The number of nitrogens with one attached hydrogen (secondary N) is 2. The van der Waals surface area contributed by atoms with Crippen LogP contribution in [0.5, 0.6) is 5.75 Å². The Morgan fingerprint density at radius 1 is 1.12 bits per heavy atom. The summed E-state index contributed by atoms with van der Waals surface area (Å²) in [5.74, 6) is 0.858. The Morgan fingerprint density at radius 3 is 2.61 bits per heavy atom. The van der Waals surface area contributed by atoms with E-state index in [0.29, 0.717) is 18.1 Å². The summed E-state index contributed by atoms with van der Waals surface area (Å²) in [6, 6.07) is 14.5. The Labute approximate surface area is 199 Å². The fourth-order valence-corrected chi connectivity index (χ4v) is 4.20. The predicted octanol–water partition coefficient (Wildman–Crippen LogP) is 4.32. The molecule has 3 N–H and O–H groups in total. The lowest BCUT2D eigenvalue weighted by molar-refractivity contribution is 0.474. The van der Waals surface area contributed by atoms with Gasteiger partial charge in [0.1, 0.15) is 11.6 Å². The molecule has 0 saturated carbocycles. The number of hydrogen-bond acceptors (Lipinski definition) is 6. The number of phenolic OH excluding ortho intramolecular Hbond substituents is 1. The number of fused-ring (bicyclic) bond motifs is 1. The van der Waals surface area contributed by atoms with Crippen molar-refractivity contribution in [1.29, 1.82) is 0 Å². The van der Waals surface area contributed by atoms with Crippen LogP contribution < -0.4 is 9.62 Å². The second-order valence-electron chi connectivity index (χ2n) is 7.60. The largest absolute Gasteiger partial charge is 0.508 e. The van der Waals surface area contributed by atoms with Gasteiger partial charge in [-0.25, -0.2) is 13.4 Å². The first-order valence-electron chi connectivity index (χ1n) is 10.2. The third-order valence-corrected chi connectivity index (χ3v) is 6.65. The van der Waals surface area contributed by atoms with Crippen molar-refractivity contribution < 1.29 is 13.5 Å². The van der Waals surface area contributed by atoms with Gasteiger partial charge in [-0.1, -0.05) is 25.1 Å². The highest BCUT2D eigenvalue weighted by Crippen LogP contribution is 2.31. The van der Waals surface area contributed by atoms with Crippen LogP contribution >= 0.6 is 12.4 Å². The smallest absolute Gasteiger partial charge is 0.232 e. The van der Waals surface area contributed by atoms with E-state index in [4.69, 9.17) is 4.98 Å². The number of benzene rings is 2. The van der Waals surface area contributed by atoms with Crippen LogP contribution in [-0.2, 0) is 23.0 Å². The maximum absolute atomic E-state index is 12.0. The number of pyridine rings is 1. The van der Waals surface area contributed by atoms with E-state index in [0.717, 1.165) is 39.7 Å². The summed E-state index contributed by atoms with van der Waals surface area (Å²) < 4.78 is 25.4. The lowest BCUT2D eigenvalue weighted by Gasteiger charge is -2.20. The van der Waals surface area contributed by atoms with E-state index < -0.39 is 10.0 Å². The first-order chi connectivity index (χ1) is 15.3. The molecule has 2 aromatic heterocycles. The van der Waals surface area contributed by atoms with Gasteiger partial charge in [0.15, 0.2) is 0 Å². The molecule has 0 bridgehead atoms. The molecule has 0 amide bonds. The molecule has 10 heteroatoms. The molecule has 4 aromatic rings. The minimum Gasteiger partial charge on any atom is -0.508 e. The van der Waals surface area contributed by atoms with E-state index in [2.05, 4.69) is 15.5 Å². The van der Waals surface area contributed by atoms with Crippen molar-refractivity contribution in [2.75, 3.05) is 22.9 Å². The van der Waals surface area contributed by atoms with Crippen molar-refractivity contribution in [1.82, 2.24) is 15.2 Å². The molecule has 0 radical (unpaired) electrons. The predicted molar refractivity (Wildman–Crippen MR) is 135 cm³/mol. The summed E-state index contributed by atoms with van der Waals surface area (Å²) in [6.07, 6.45) is 3.64. The van der Waals surface area contributed by atoms with Gasteiger partial charge in [0, 0.05) is 19.2 Å². The van der Waals surface area contributed by atoms with Gasteiger partial charge in [0.2, 0.25) is 10.0 Å². The number of phenols is 1. The van der Waals surface area contributed by atoms with E-state index in [9.17, 15) is 13.5 Å². The lowest BCUT2D eigenvalue weighted by atomic mass is 10.0. The van der Waals surface area contributed by atoms with Crippen LogP contribution in [0.1, 0.15) is 18.1 Å². The van der Waals surface area contributed by atoms with Crippen LogP contribution in [-0.4, -0.2) is 42.0 Å². The quantitative estimate of drug-likeness (QED) is 0.358. The molecule has 2 aromatic carbocycles. The van der Waals surface area contributed by atoms with Crippen LogP contribution in [0.15, 0.2) is 54.7 Å². The highest BCUT2D eigenvalue weighted by molar-refractivity contribution is 7.92. The Balaban J connectivity index is 0.00000306. The highest BCUT2D eigenvalue weighted by atomic mass is 35.5. The second kappa shape index (κ2) is 9.68. The topological polar surface area (TPSA) is 111 Å². The van der Waals surface area contributed by atoms with Crippen molar-refractivity contribution in [3.63, 3.8) is 0 Å². The van der Waals surface area contributed by atoms with Crippen molar-refractivity contribution in [2.24, 2.45) is 0 Å². The standard InChI is InChI=1S/C23H25N5O3S.ClH/c1-4-15-11-17(29)9-10-18(15)20-12-21-19(14-25-27-21)23(26-20)24-13-16-7-5-6-8-22(16)28(2)32(3,30)31;/h5-12,14,29H,4,13H2,1-3H3,(H,24,26)(H,25,27);1H. The SMILES string of the molecule is CCc1cc(O)ccc1-c1cc2[nH]ncc2c(NCc2ccccc2N(C)S(C)(=O)=O)n1.Cl. The zero-order valence-electron chi connectivity index (χ0n) is 18.5. The van der Waals surface area contributed by atoms with Crippen LogP contribution in [0, 0.1) is 0 Å². The van der Waals surface area contributed by atoms with Gasteiger partial charge in [0.25, 0.3) is 0 Å². The Morgan fingerprint density at radius 2 is 1.88 bits per heavy atom. The number of para-hydroxylation sites is 1. The van der Waals surface area contributed by atoms with Crippen LogP contribution in [0.4, 0.5) is 11.5 Å². The normalized spacial score (nSPS) is 11.2. The van der Waals surface area contributed by atoms with Gasteiger partial charge in [0.05, 0.1) is 34.7 Å². The fraction of sp³-hybridized carbons (Fsp3) is 0.217. The molecule has 0 aliphatic carbocycles. The molecule has 2 heterocycles. The second-order valence-corrected chi connectivity index (χ2v) is 9.61. The molecular weight excluding hydrogens is 462 g/mol. The number of aromatic amines is 1. The summed E-state index contributed by atoms with van der Waals surface area (Å²) in [5.41, 5.74) is 4.93. The summed E-state index contributed by atoms with van der Waals surface area (Å²) in [5, 5.41) is 21.2. The number of halogens is 1. The van der Waals surface area contributed by atoms with E-state index in [1.54, 1.807) is 31.4 Å². The average molecular weight is 488 g/mol. The van der Waals surface area contributed by atoms with E-state index in [1.807, 2.05) is 37.3 Å². The Kier molecular flexibility index (Phi) is 7.14. The van der Waals surface area contributed by atoms with Gasteiger partial charge >= 0.3 is 0 Å². The summed E-state index contributed by atoms with van der Waals surface area (Å²) in [7, 11) is -1.85. The summed E-state index contributed by atoms with van der Waals surface area (Å²) in [4.78, 5) is 4.84. The molecule has 0 aliphatic rings. The maximum atomic E-state index is 12.0. The highest BCUT2D eigenvalue weighted by Gasteiger charge is 2.17. The molecule has 0 spiro atoms. The molecule has 174 valence electrons. The number of aryl methyl sites for hydroxylation is 1. The number of hydrogen-bond donors (Lipinski definition) is 3. The number of rotatable bonds is 7. The van der Waals surface area contributed by atoms with Crippen LogP contribution in [0.2, 0.25) is 0 Å². The van der Waals surface area contributed by atoms with Crippen LogP contribution in [0.25, 0.3) is 22.2 Å². The van der Waals surface area contributed by atoms with Crippen molar-refractivity contribution >= 4 is 44.8 Å². The number of anilines is 2. The van der Waals surface area contributed by atoms with Crippen molar-refractivity contribution in [3.8, 4) is 17.0 Å². The molecule has 4 rings (SSSR count). The lowest BCUT2D eigenvalue weighted by Crippen LogP contribution is -2.26. The fourth-order valence-electron chi connectivity index (χ4n) is 3.66. The third-order valence-electron chi connectivity index (χ3n) is 5.46. The minimum absolute atomic E-state index is 0. The first kappa shape index (κ1) is 24.3. The number of aromatic nitrogens is 3. The van der Waals surface area contributed by atoms with Gasteiger partial charge in [-0.3, -0.25) is 9.40 Å². The third kappa shape index (κ3) is 5.04. The number of aromatic hydroxyl groups is 1. The molecule has 33 heavy (non-hydrogen) atoms. The average Bonchev–Trinajstić information content (AvgIpc) is 3.25. The van der Waals surface area contributed by atoms with E-state index >= 15 is 0 Å². The molecular formula is C23H26ClN5O3S. The monoisotopic (exact) mass is 487 g/mol. The van der Waals surface area contributed by atoms with Gasteiger partial charge in [-0.15, -0.1) is 12.4 Å². The van der Waals surface area contributed by atoms with Crippen LogP contribution in [0.3, 0.4) is 0 Å². The number of sulfonamides is 1. The van der Waals surface area contributed by atoms with Gasteiger partial charge < -0.3 is 10.4 Å². The van der Waals surface area contributed by atoms with Gasteiger partial charge in [-0.05, 0) is 47.9 Å². The molecule has 0 saturated heterocycles. The molecule has 0 aliphatic heterocycles. The van der Waals surface area contributed by atoms with Crippen molar-refractivity contribution in [2.45, 2.75) is 19.9 Å². The molecule has 0 atom stereocenters. The maximum Gasteiger partial charge on any atom is 0.232 e. The summed E-state index contributed by atoms with van der Waals surface area (Å²) >= 11 is 0. The Hall–Kier alpha value is -3.30. The molecule has 0 fully saturated rings. The zero-order valence-corrected chi connectivity index (χ0v) is 20.2. The zero-order chi connectivity index (χ0) is 22.9. The molecule has 0 unspecified atom stereocenters. The van der Waals surface area contributed by atoms with E-state index in [1.165, 1.54) is 10.6 Å².